The first-order chi connectivity index (χ1) is 28.3. The van der Waals surface area contributed by atoms with Crippen molar-refractivity contribution in [2.24, 2.45) is 10.2 Å². The third-order valence-electron chi connectivity index (χ3n) is 8.82. The van der Waals surface area contributed by atoms with Gasteiger partial charge in [0, 0.05) is 25.9 Å². The van der Waals surface area contributed by atoms with Gasteiger partial charge in [-0.2, -0.15) is 10.2 Å². The smallest absolute Gasteiger partial charge is 0.414 e. The molecule has 14 nitrogen and oxygen atoms in total. The van der Waals surface area contributed by atoms with Gasteiger partial charge in [0.25, 0.3) is 12.9 Å². The molecule has 2 aromatic carbocycles. The molecule has 4 heterocycles. The quantitative estimate of drug-likeness (QED) is 0.154. The summed E-state index contributed by atoms with van der Waals surface area (Å²) in [5.74, 6) is 1.37. The second kappa shape index (κ2) is 22.3. The number of nitrogens with zero attached hydrogens (tertiary/aromatic N) is 7. The van der Waals surface area contributed by atoms with Crippen LogP contribution in [0.25, 0.3) is 0 Å². The average molecular weight is 898 g/mol. The molecule has 2 aromatic rings. The Morgan fingerprint density at radius 3 is 1.66 bits per heavy atom. The predicted molar refractivity (Wildman–Crippen MR) is 211 cm³/mol. The van der Waals surface area contributed by atoms with E-state index in [4.69, 9.17) is 22.3 Å². The molecule has 0 bridgehead atoms. The van der Waals surface area contributed by atoms with Gasteiger partial charge in [0.15, 0.2) is 11.6 Å². The second-order valence-electron chi connectivity index (χ2n) is 12.8. The van der Waals surface area contributed by atoms with Crippen molar-refractivity contribution in [1.82, 2.24) is 10.4 Å². The van der Waals surface area contributed by atoms with Crippen molar-refractivity contribution in [3.8, 4) is 24.7 Å². The number of Topliss-reactive ketones (excluding diaryl/α,β-unsaturated/α-hetero) is 2. The van der Waals surface area contributed by atoms with Crippen LogP contribution in [-0.4, -0.2) is 118 Å². The first-order valence-electron chi connectivity index (χ1n) is 17.9. The molecule has 2 saturated heterocycles. The Morgan fingerprint density at radius 2 is 1.29 bits per heavy atom. The maximum atomic E-state index is 14.6. The van der Waals surface area contributed by atoms with Crippen molar-refractivity contribution in [2.45, 2.75) is 50.7 Å². The van der Waals surface area contributed by atoms with Gasteiger partial charge in [-0.1, -0.05) is 27.8 Å². The summed E-state index contributed by atoms with van der Waals surface area (Å²) in [7, 11) is 0. The Labute approximate surface area is 344 Å². The highest BCUT2D eigenvalue weighted by Crippen LogP contribution is 2.30. The van der Waals surface area contributed by atoms with Gasteiger partial charge >= 0.3 is 12.2 Å². The van der Waals surface area contributed by atoms with Crippen molar-refractivity contribution < 1.29 is 55.0 Å². The van der Waals surface area contributed by atoms with Gasteiger partial charge in [-0.25, -0.2) is 35.9 Å². The van der Waals surface area contributed by atoms with E-state index in [1.807, 2.05) is 0 Å². The van der Waals surface area contributed by atoms with Crippen LogP contribution < -0.4 is 25.0 Å². The van der Waals surface area contributed by atoms with Crippen LogP contribution in [0.3, 0.4) is 0 Å². The number of hydrogen-bond donors (Lipinski definition) is 1. The SMILES string of the molecule is C#CCBr.C#CCN1CCN(c2ccc(N3C[C@H](CCC(=O)C(F)F)OC3=O)cc2F)C=N1.O=C(CC[C@H]1CN(c2ccc(N3C=NNCC3)c(F)c2)C(=O)O1)C(F)F. The minimum Gasteiger partial charge on any atom is -0.444 e. The number of amides is 2. The number of ketones is 2. The monoisotopic (exact) mass is 896 g/mol. The molecule has 0 saturated carbocycles. The van der Waals surface area contributed by atoms with E-state index in [-0.39, 0.29) is 44.5 Å². The Balaban J connectivity index is 0.000000240. The Hall–Kier alpha value is -5.96. The zero-order valence-electron chi connectivity index (χ0n) is 31.3. The minimum atomic E-state index is -3.04. The van der Waals surface area contributed by atoms with Gasteiger partial charge in [0.1, 0.15) is 36.5 Å². The van der Waals surface area contributed by atoms with Crippen LogP contribution in [0.4, 0.5) is 58.7 Å². The predicted octanol–water partition coefficient (Wildman–Crippen LogP) is 5.60. The van der Waals surface area contributed by atoms with Crippen molar-refractivity contribution in [1.29, 1.82) is 0 Å². The Kier molecular flexibility index (Phi) is 17.3. The third-order valence-corrected chi connectivity index (χ3v) is 9.15. The number of terminal acetylenes is 2. The lowest BCUT2D eigenvalue weighted by atomic mass is 10.1. The molecule has 2 atom stereocenters. The number of hydrazone groups is 2. The fourth-order valence-corrected chi connectivity index (χ4v) is 5.85. The minimum absolute atomic E-state index is 0.00320. The van der Waals surface area contributed by atoms with Crippen LogP contribution in [0.15, 0.2) is 46.6 Å². The lowest BCUT2D eigenvalue weighted by Crippen LogP contribution is -2.38. The lowest BCUT2D eigenvalue weighted by molar-refractivity contribution is -0.130. The van der Waals surface area contributed by atoms with Crippen LogP contribution >= 0.6 is 15.9 Å². The van der Waals surface area contributed by atoms with Crippen LogP contribution in [-0.2, 0) is 19.1 Å². The molecule has 0 spiro atoms. The second-order valence-corrected chi connectivity index (χ2v) is 13.4. The van der Waals surface area contributed by atoms with Crippen molar-refractivity contribution in [3.63, 3.8) is 0 Å². The topological polar surface area (TPSA) is 140 Å². The van der Waals surface area contributed by atoms with E-state index < -0.39 is 60.4 Å². The summed E-state index contributed by atoms with van der Waals surface area (Å²) in [4.78, 5) is 51.8. The number of cyclic esters (lactones) is 2. The summed E-state index contributed by atoms with van der Waals surface area (Å²) in [5.41, 5.74) is 3.96. The highest BCUT2D eigenvalue weighted by molar-refractivity contribution is 9.09. The van der Waals surface area contributed by atoms with E-state index in [1.165, 1.54) is 46.7 Å². The molecule has 59 heavy (non-hydrogen) atoms. The van der Waals surface area contributed by atoms with Crippen LogP contribution in [0.2, 0.25) is 0 Å². The Morgan fingerprint density at radius 1 is 0.797 bits per heavy atom. The number of rotatable bonds is 13. The molecular formula is C38H39BrF6N8O6. The molecule has 6 rings (SSSR count). The maximum Gasteiger partial charge on any atom is 0.414 e. The zero-order chi connectivity index (χ0) is 43.1. The fraction of sp³-hybridized carbons (Fsp3) is 0.421. The summed E-state index contributed by atoms with van der Waals surface area (Å²) in [6.45, 7) is 2.66. The largest absolute Gasteiger partial charge is 0.444 e. The number of nitrogens with one attached hydrogen (secondary N) is 1. The Bertz CT molecular complexity index is 1960. The number of ether oxygens (including phenoxy) is 2. The summed E-state index contributed by atoms with van der Waals surface area (Å²) in [6, 6.07) is 8.59. The molecule has 2 fully saturated rings. The normalized spacial score (nSPS) is 18.3. The molecule has 4 aliphatic heterocycles. The van der Waals surface area contributed by atoms with Crippen LogP contribution in [0, 0.1) is 36.3 Å². The van der Waals surface area contributed by atoms with Crippen LogP contribution in [0.1, 0.15) is 25.7 Å². The van der Waals surface area contributed by atoms with E-state index in [0.717, 1.165) is 0 Å². The molecule has 0 radical (unpaired) electrons. The molecular weight excluding hydrogens is 858 g/mol. The van der Waals surface area contributed by atoms with Crippen LogP contribution in [0.5, 0.6) is 0 Å². The molecule has 21 heteroatoms. The van der Waals surface area contributed by atoms with Gasteiger partial charge in [0.05, 0.1) is 60.8 Å². The van der Waals surface area contributed by atoms with Gasteiger partial charge < -0.3 is 24.7 Å². The zero-order valence-corrected chi connectivity index (χ0v) is 32.9. The number of alkyl halides is 5. The summed E-state index contributed by atoms with van der Waals surface area (Å²) in [6.07, 6.45) is 3.29. The van der Waals surface area contributed by atoms with E-state index in [2.05, 4.69) is 43.4 Å². The molecule has 0 aliphatic carbocycles. The number of benzene rings is 2. The molecule has 1 N–H and O–H groups in total. The number of hydrogen-bond acceptors (Lipinski definition) is 12. The first kappa shape index (κ1) is 45.7. The summed E-state index contributed by atoms with van der Waals surface area (Å²) in [5, 5.41) is 10.4. The molecule has 4 aliphatic rings. The van der Waals surface area contributed by atoms with Crippen molar-refractivity contribution >= 4 is 75.1 Å². The summed E-state index contributed by atoms with van der Waals surface area (Å²) >= 11 is 3.01. The molecule has 0 unspecified atom stereocenters. The number of halogens is 7. The number of anilines is 4. The first-order valence-corrected chi connectivity index (χ1v) is 19.1. The van der Waals surface area contributed by atoms with E-state index in [1.54, 1.807) is 26.9 Å². The highest BCUT2D eigenvalue weighted by atomic mass is 79.9. The average Bonchev–Trinajstić information content (AvgIpc) is 3.80. The van der Waals surface area contributed by atoms with Gasteiger partial charge in [-0.3, -0.25) is 24.4 Å². The highest BCUT2D eigenvalue weighted by Gasteiger charge is 2.35. The number of carbonyl (C=O) groups excluding carboxylic acids is 4. The van der Waals surface area contributed by atoms with E-state index in [0.29, 0.717) is 55.1 Å². The molecule has 2 amide bonds. The van der Waals surface area contributed by atoms with Gasteiger partial charge in [-0.15, -0.1) is 12.8 Å². The molecule has 316 valence electrons. The standard InChI is InChI=1S/C19H19F3N4O3.C16H17F3N4O3.C3H3Br/c1-2-7-25-9-8-24(12-23-25)16-5-3-13(10-15(16)20)26-11-14(29-19(26)28)4-6-17(27)18(21)22;17-12-7-10(1-3-13(12)22-6-5-20-21-9-22)23-8-11(26-16(23)25)2-4-14(24)15(18)19;1-2-3-4/h1,3,5,10,12,14,18H,4,6-9,11H2;1,3,7,9,11,15,20H,2,4-6,8H2;1H,3H2/t14-;11-;/m00./s1. The summed E-state index contributed by atoms with van der Waals surface area (Å²) < 4.78 is 88.3. The van der Waals surface area contributed by atoms with Crippen molar-refractivity contribution in [3.05, 3.63) is 48.0 Å². The van der Waals surface area contributed by atoms with E-state index in [9.17, 15) is 45.5 Å². The van der Waals surface area contributed by atoms with E-state index >= 15 is 0 Å². The molecule has 0 aromatic heterocycles. The van der Waals surface area contributed by atoms with Crippen molar-refractivity contribution in [2.75, 3.05) is 70.7 Å². The third kappa shape index (κ3) is 13.0. The maximum absolute atomic E-state index is 14.6. The number of carbonyl (C=O) groups is 4. The van der Waals surface area contributed by atoms with Gasteiger partial charge in [0.2, 0.25) is 0 Å². The van der Waals surface area contributed by atoms with Gasteiger partial charge in [-0.05, 0) is 49.2 Å². The fourth-order valence-electron chi connectivity index (χ4n) is 5.85. The lowest BCUT2D eigenvalue weighted by Gasteiger charge is -2.29.